The Labute approximate surface area is 205 Å². The molecule has 0 aromatic heterocycles. The third-order valence-corrected chi connectivity index (χ3v) is 6.74. The van der Waals surface area contributed by atoms with Crippen LogP contribution in [0.1, 0.15) is 28.3 Å². The van der Waals surface area contributed by atoms with Gasteiger partial charge in [0.1, 0.15) is 11.5 Å². The predicted octanol–water partition coefficient (Wildman–Crippen LogP) is 6.60. The first kappa shape index (κ1) is 23.2. The lowest BCUT2D eigenvalue weighted by atomic mass is 9.95. The number of aryl methyl sites for hydroxylation is 2. The van der Waals surface area contributed by atoms with E-state index in [1.54, 1.807) is 18.2 Å². The normalized spacial score (nSPS) is 17.6. The zero-order valence-corrected chi connectivity index (χ0v) is 19.8. The number of rotatable bonds is 3. The topological polar surface area (TPSA) is 77.8 Å². The monoisotopic (exact) mass is 501 g/mol. The molecule has 33 heavy (non-hydrogen) atoms. The summed E-state index contributed by atoms with van der Waals surface area (Å²) in [6.45, 7) is 3.84. The zero-order valence-electron chi connectivity index (χ0n) is 17.6. The molecule has 0 saturated carbocycles. The summed E-state index contributed by atoms with van der Waals surface area (Å²) < 4.78 is 0. The molecule has 1 amide bonds. The van der Waals surface area contributed by atoms with Crippen LogP contribution in [0, 0.1) is 13.8 Å². The van der Waals surface area contributed by atoms with Crippen molar-refractivity contribution in [1.29, 1.82) is 0 Å². The van der Waals surface area contributed by atoms with Crippen LogP contribution in [0.4, 0.5) is 5.69 Å². The highest BCUT2D eigenvalue weighted by Crippen LogP contribution is 2.44. The SMILES string of the molecule is Cc1ccc(N2C(=O)C(=O)/C(=C(/O)c3ccc(Cl)c(Cl)c3)C2c2ccc(O)c(Cl)c2)cc1C. The highest BCUT2D eigenvalue weighted by atomic mass is 35.5. The fraction of sp³-hybridized carbons (Fsp3) is 0.120. The fourth-order valence-electron chi connectivity index (χ4n) is 3.78. The number of benzene rings is 3. The summed E-state index contributed by atoms with van der Waals surface area (Å²) in [7, 11) is 0. The van der Waals surface area contributed by atoms with Gasteiger partial charge in [-0.1, -0.05) is 46.9 Å². The molecule has 0 radical (unpaired) electrons. The highest BCUT2D eigenvalue weighted by molar-refractivity contribution is 6.52. The molecule has 8 heteroatoms. The molecule has 1 unspecified atom stereocenters. The number of halogens is 3. The maximum absolute atomic E-state index is 13.2. The van der Waals surface area contributed by atoms with Gasteiger partial charge in [-0.3, -0.25) is 14.5 Å². The molecule has 0 aliphatic carbocycles. The van der Waals surface area contributed by atoms with Gasteiger partial charge in [0.15, 0.2) is 0 Å². The Morgan fingerprint density at radius 1 is 0.848 bits per heavy atom. The molecule has 5 nitrogen and oxygen atoms in total. The summed E-state index contributed by atoms with van der Waals surface area (Å²) >= 11 is 18.2. The van der Waals surface area contributed by atoms with Gasteiger partial charge in [-0.05, 0) is 73.0 Å². The van der Waals surface area contributed by atoms with E-state index in [-0.39, 0.29) is 32.0 Å². The van der Waals surface area contributed by atoms with Crippen LogP contribution in [0.3, 0.4) is 0 Å². The van der Waals surface area contributed by atoms with E-state index in [0.29, 0.717) is 11.3 Å². The van der Waals surface area contributed by atoms with Crippen molar-refractivity contribution in [3.8, 4) is 5.75 Å². The van der Waals surface area contributed by atoms with E-state index in [2.05, 4.69) is 0 Å². The fourth-order valence-corrected chi connectivity index (χ4v) is 4.27. The number of amides is 1. The molecule has 1 saturated heterocycles. The van der Waals surface area contributed by atoms with Crippen molar-refractivity contribution in [2.45, 2.75) is 19.9 Å². The Morgan fingerprint density at radius 2 is 1.58 bits per heavy atom. The minimum Gasteiger partial charge on any atom is -0.507 e. The number of phenols is 1. The quantitative estimate of drug-likeness (QED) is 0.240. The van der Waals surface area contributed by atoms with Crippen LogP contribution < -0.4 is 4.90 Å². The van der Waals surface area contributed by atoms with Crippen LogP contribution in [-0.4, -0.2) is 21.9 Å². The van der Waals surface area contributed by atoms with Crippen LogP contribution in [0.25, 0.3) is 5.76 Å². The first-order valence-electron chi connectivity index (χ1n) is 9.92. The van der Waals surface area contributed by atoms with Gasteiger partial charge in [0.2, 0.25) is 0 Å². The molecule has 168 valence electrons. The number of ketones is 1. The van der Waals surface area contributed by atoms with Crippen molar-refractivity contribution >= 4 is 57.9 Å². The van der Waals surface area contributed by atoms with Gasteiger partial charge in [-0.2, -0.15) is 0 Å². The van der Waals surface area contributed by atoms with E-state index < -0.39 is 23.5 Å². The number of hydrogen-bond donors (Lipinski definition) is 2. The molecule has 3 aromatic carbocycles. The Balaban J connectivity index is 1.98. The number of aliphatic hydroxyl groups is 1. The minimum absolute atomic E-state index is 0.0488. The first-order valence-corrected chi connectivity index (χ1v) is 11.1. The largest absolute Gasteiger partial charge is 0.507 e. The van der Waals surface area contributed by atoms with E-state index in [0.717, 1.165) is 11.1 Å². The molecule has 3 aromatic rings. The highest BCUT2D eigenvalue weighted by Gasteiger charge is 2.47. The molecule has 1 atom stereocenters. The minimum atomic E-state index is -0.986. The van der Waals surface area contributed by atoms with Crippen LogP contribution in [0.5, 0.6) is 5.75 Å². The van der Waals surface area contributed by atoms with Crippen LogP contribution in [-0.2, 0) is 9.59 Å². The lowest BCUT2D eigenvalue weighted by Crippen LogP contribution is -2.29. The van der Waals surface area contributed by atoms with E-state index in [9.17, 15) is 19.8 Å². The van der Waals surface area contributed by atoms with E-state index in [1.807, 2.05) is 19.9 Å². The number of aromatic hydroxyl groups is 1. The zero-order chi connectivity index (χ0) is 24.0. The van der Waals surface area contributed by atoms with Crippen molar-refractivity contribution < 1.29 is 19.8 Å². The number of anilines is 1. The molecular formula is C25H18Cl3NO4. The Bertz CT molecular complexity index is 1350. The molecule has 1 heterocycles. The lowest BCUT2D eigenvalue weighted by Gasteiger charge is -2.26. The molecule has 2 N–H and O–H groups in total. The van der Waals surface area contributed by atoms with Gasteiger partial charge in [0.05, 0.1) is 26.7 Å². The molecule has 1 aliphatic heterocycles. The Hall–Kier alpha value is -2.99. The number of hydrogen-bond acceptors (Lipinski definition) is 4. The summed E-state index contributed by atoms with van der Waals surface area (Å²) in [6.07, 6.45) is 0. The summed E-state index contributed by atoms with van der Waals surface area (Å²) in [5.41, 5.74) is 2.99. The van der Waals surface area contributed by atoms with Gasteiger partial charge in [0.25, 0.3) is 11.7 Å². The predicted molar refractivity (Wildman–Crippen MR) is 130 cm³/mol. The molecule has 1 aliphatic rings. The molecule has 4 rings (SSSR count). The maximum atomic E-state index is 13.2. The van der Waals surface area contributed by atoms with Gasteiger partial charge < -0.3 is 10.2 Å². The number of aliphatic hydroxyl groups excluding tert-OH is 1. The van der Waals surface area contributed by atoms with Gasteiger partial charge >= 0.3 is 0 Å². The van der Waals surface area contributed by atoms with Crippen LogP contribution >= 0.6 is 34.8 Å². The maximum Gasteiger partial charge on any atom is 0.300 e. The lowest BCUT2D eigenvalue weighted by molar-refractivity contribution is -0.132. The van der Waals surface area contributed by atoms with Crippen LogP contribution in [0.2, 0.25) is 15.1 Å². The molecule has 0 spiro atoms. The number of phenolic OH excluding ortho intramolecular Hbond substituents is 1. The van der Waals surface area contributed by atoms with Crippen LogP contribution in [0.15, 0.2) is 60.2 Å². The Kier molecular flexibility index (Phi) is 6.14. The standard InChI is InChI=1S/C25H18Cl3NO4/c1-12-3-6-16(9-13(12)2)29-22(14-5-8-20(30)19(28)10-14)21(24(32)25(29)33)23(31)15-4-7-17(26)18(27)11-15/h3-11,22,30-31H,1-2H3/b23-21+. The van der Waals surface area contributed by atoms with Gasteiger partial charge in [-0.15, -0.1) is 0 Å². The number of Topliss-reactive ketones (excluding diaryl/α,β-unsaturated/α-hetero) is 1. The van der Waals surface area contributed by atoms with Crippen molar-refractivity contribution in [2.24, 2.45) is 0 Å². The number of carbonyl (C=O) groups excluding carboxylic acids is 2. The third-order valence-electron chi connectivity index (χ3n) is 5.69. The summed E-state index contributed by atoms with van der Waals surface area (Å²) in [5, 5.41) is 21.5. The number of carbonyl (C=O) groups is 2. The molecule has 1 fully saturated rings. The van der Waals surface area contributed by atoms with E-state index in [4.69, 9.17) is 34.8 Å². The average Bonchev–Trinajstić information content (AvgIpc) is 3.04. The van der Waals surface area contributed by atoms with Crippen molar-refractivity contribution in [3.63, 3.8) is 0 Å². The Morgan fingerprint density at radius 3 is 2.21 bits per heavy atom. The van der Waals surface area contributed by atoms with E-state index in [1.165, 1.54) is 35.2 Å². The van der Waals surface area contributed by atoms with Crippen molar-refractivity contribution in [2.75, 3.05) is 4.90 Å². The van der Waals surface area contributed by atoms with Gasteiger partial charge in [-0.25, -0.2) is 0 Å². The summed E-state index contributed by atoms with van der Waals surface area (Å²) in [4.78, 5) is 27.7. The van der Waals surface area contributed by atoms with Crippen molar-refractivity contribution in [1.82, 2.24) is 0 Å². The second-order valence-electron chi connectivity index (χ2n) is 7.78. The second kappa shape index (κ2) is 8.75. The average molecular weight is 503 g/mol. The van der Waals surface area contributed by atoms with Gasteiger partial charge in [0, 0.05) is 11.3 Å². The summed E-state index contributed by atoms with van der Waals surface area (Å²) in [6, 6.07) is 13.2. The second-order valence-corrected chi connectivity index (χ2v) is 9.00. The first-order chi connectivity index (χ1) is 15.6. The molecular weight excluding hydrogens is 485 g/mol. The smallest absolute Gasteiger partial charge is 0.300 e. The molecule has 0 bridgehead atoms. The van der Waals surface area contributed by atoms with Crippen molar-refractivity contribution in [3.05, 3.63) is 97.5 Å². The number of nitrogens with zero attached hydrogens (tertiary/aromatic N) is 1. The third kappa shape index (κ3) is 4.08. The summed E-state index contributed by atoms with van der Waals surface area (Å²) in [5.74, 6) is -2.19. The van der Waals surface area contributed by atoms with E-state index >= 15 is 0 Å².